The van der Waals surface area contributed by atoms with Crippen LogP contribution in [0.5, 0.6) is 0 Å². The van der Waals surface area contributed by atoms with Crippen LogP contribution in [-0.4, -0.2) is 22.4 Å². The number of halogens is 3. The van der Waals surface area contributed by atoms with E-state index in [1.165, 1.54) is 5.56 Å². The Morgan fingerprint density at radius 2 is 1.50 bits per heavy atom. The zero-order chi connectivity index (χ0) is 17.4. The molecule has 0 unspecified atom stereocenters. The molecule has 0 aliphatic carbocycles. The number of rotatable bonds is 7. The molecule has 0 fully saturated rings. The summed E-state index contributed by atoms with van der Waals surface area (Å²) in [7, 11) is 0. The van der Waals surface area contributed by atoms with Crippen LogP contribution in [0.4, 0.5) is 0 Å². The van der Waals surface area contributed by atoms with E-state index in [1.807, 2.05) is 66.0 Å². The van der Waals surface area contributed by atoms with Crippen LogP contribution in [0.3, 0.4) is 0 Å². The number of hydrogen-bond acceptors (Lipinski definition) is 1. The largest absolute Gasteiger partial charge is 0.323 e. The average Bonchev–Trinajstić information content (AvgIpc) is 2.55. The molecule has 1 amide bonds. The van der Waals surface area contributed by atoms with Crippen molar-refractivity contribution in [2.75, 3.05) is 6.54 Å². The van der Waals surface area contributed by atoms with E-state index in [1.54, 1.807) is 0 Å². The van der Waals surface area contributed by atoms with Gasteiger partial charge in [-0.05, 0) is 11.1 Å². The maximum atomic E-state index is 12.2. The Bertz CT molecular complexity index is 630. The van der Waals surface area contributed by atoms with Crippen LogP contribution < -0.4 is 10.6 Å². The van der Waals surface area contributed by atoms with Gasteiger partial charge in [-0.15, -0.1) is 0 Å². The summed E-state index contributed by atoms with van der Waals surface area (Å²) in [5.74, 6) is -0.173. The minimum absolute atomic E-state index is 0.173. The number of benzene rings is 2. The molecule has 3 nitrogen and oxygen atoms in total. The lowest BCUT2D eigenvalue weighted by Gasteiger charge is -2.23. The second-order valence-electron chi connectivity index (χ2n) is 5.51. The standard InChI is InChI=1S/C18H19Cl3N2O/c19-18(20,21)17(22-12-11-14-7-3-1-4-8-14)23-16(24)13-15-9-5-2-6-10-15/h1-10,17,22H,11-13H2,(H,23,24)/p+1/t17-/m1/s1. The number of carbonyl (C=O) groups is 1. The van der Waals surface area contributed by atoms with Crippen LogP contribution in [0.2, 0.25) is 0 Å². The molecule has 6 heteroatoms. The molecule has 2 rings (SSSR count). The van der Waals surface area contributed by atoms with Crippen molar-refractivity contribution in [2.45, 2.75) is 22.8 Å². The van der Waals surface area contributed by atoms with E-state index >= 15 is 0 Å². The molecule has 128 valence electrons. The number of quaternary nitrogens is 1. The molecule has 0 saturated heterocycles. The highest BCUT2D eigenvalue weighted by molar-refractivity contribution is 6.68. The lowest BCUT2D eigenvalue weighted by Crippen LogP contribution is -2.97. The van der Waals surface area contributed by atoms with Gasteiger partial charge in [0.25, 0.3) is 3.79 Å². The molecule has 2 aromatic rings. The fraction of sp³-hybridized carbons (Fsp3) is 0.278. The second kappa shape index (κ2) is 9.28. The number of carbonyl (C=O) groups excluding carboxylic acids is 1. The first kappa shape index (κ1) is 19.1. The summed E-state index contributed by atoms with van der Waals surface area (Å²) in [6.45, 7) is 0.703. The molecule has 0 radical (unpaired) electrons. The number of nitrogens with two attached hydrogens (primary N) is 1. The van der Waals surface area contributed by atoms with E-state index in [0.29, 0.717) is 6.54 Å². The molecule has 0 bridgehead atoms. The quantitative estimate of drug-likeness (QED) is 0.558. The summed E-state index contributed by atoms with van der Waals surface area (Å²) >= 11 is 18.0. The Hall–Kier alpha value is -1.26. The highest BCUT2D eigenvalue weighted by atomic mass is 35.6. The predicted octanol–water partition coefficient (Wildman–Crippen LogP) is 2.85. The minimum atomic E-state index is -1.58. The Kier molecular flexibility index (Phi) is 7.38. The molecule has 0 aliphatic heterocycles. The van der Waals surface area contributed by atoms with Gasteiger partial charge in [-0.2, -0.15) is 0 Å². The molecule has 0 aliphatic rings. The summed E-state index contributed by atoms with van der Waals surface area (Å²) < 4.78 is -1.58. The zero-order valence-electron chi connectivity index (χ0n) is 13.1. The third-order valence-corrected chi connectivity index (χ3v) is 4.26. The van der Waals surface area contributed by atoms with E-state index in [0.717, 1.165) is 12.0 Å². The van der Waals surface area contributed by atoms with Gasteiger partial charge >= 0.3 is 0 Å². The molecule has 2 aromatic carbocycles. The minimum Gasteiger partial charge on any atom is -0.323 e. The molecule has 3 N–H and O–H groups in total. The number of amides is 1. The van der Waals surface area contributed by atoms with Crippen LogP contribution in [0.1, 0.15) is 11.1 Å². The Labute approximate surface area is 157 Å². The van der Waals surface area contributed by atoms with Crippen molar-refractivity contribution in [2.24, 2.45) is 0 Å². The van der Waals surface area contributed by atoms with Gasteiger partial charge in [0.15, 0.2) is 0 Å². The monoisotopic (exact) mass is 385 g/mol. The molecular formula is C18H20Cl3N2O+. The van der Waals surface area contributed by atoms with Gasteiger partial charge in [0, 0.05) is 6.42 Å². The molecule has 0 aromatic heterocycles. The first-order valence-electron chi connectivity index (χ1n) is 7.72. The number of hydrogen-bond donors (Lipinski definition) is 2. The van der Waals surface area contributed by atoms with Crippen molar-refractivity contribution >= 4 is 40.7 Å². The Morgan fingerprint density at radius 1 is 0.958 bits per heavy atom. The van der Waals surface area contributed by atoms with Gasteiger partial charge < -0.3 is 10.6 Å². The van der Waals surface area contributed by atoms with Gasteiger partial charge in [-0.25, -0.2) is 0 Å². The fourth-order valence-electron chi connectivity index (χ4n) is 2.34. The summed E-state index contributed by atoms with van der Waals surface area (Å²) in [5.41, 5.74) is 2.12. The molecular weight excluding hydrogens is 367 g/mol. The van der Waals surface area contributed by atoms with E-state index in [4.69, 9.17) is 34.8 Å². The summed E-state index contributed by atoms with van der Waals surface area (Å²) in [6, 6.07) is 19.5. The fourth-order valence-corrected chi connectivity index (χ4v) is 2.77. The molecule has 24 heavy (non-hydrogen) atoms. The summed E-state index contributed by atoms with van der Waals surface area (Å²) in [4.78, 5) is 12.2. The first-order chi connectivity index (χ1) is 11.4. The average molecular weight is 387 g/mol. The SMILES string of the molecule is O=C(Cc1ccccc1)N[C@@H]([NH2+]CCc1ccccc1)C(Cl)(Cl)Cl. The topological polar surface area (TPSA) is 45.7 Å². The second-order valence-corrected chi connectivity index (χ2v) is 7.88. The highest BCUT2D eigenvalue weighted by Crippen LogP contribution is 2.27. The van der Waals surface area contributed by atoms with E-state index in [9.17, 15) is 4.79 Å². The van der Waals surface area contributed by atoms with Crippen molar-refractivity contribution in [1.29, 1.82) is 0 Å². The van der Waals surface area contributed by atoms with Gasteiger partial charge in [0.2, 0.25) is 12.1 Å². The van der Waals surface area contributed by atoms with Crippen molar-refractivity contribution in [1.82, 2.24) is 5.32 Å². The Morgan fingerprint density at radius 3 is 2.04 bits per heavy atom. The van der Waals surface area contributed by atoms with Crippen LogP contribution in [0.25, 0.3) is 0 Å². The lowest BCUT2D eigenvalue weighted by molar-refractivity contribution is -0.691. The smallest absolute Gasteiger partial charge is 0.262 e. The number of alkyl halides is 3. The predicted molar refractivity (Wildman–Crippen MR) is 99.3 cm³/mol. The van der Waals surface area contributed by atoms with Gasteiger partial charge in [-0.3, -0.25) is 4.79 Å². The molecule has 0 spiro atoms. The van der Waals surface area contributed by atoms with E-state index in [-0.39, 0.29) is 12.3 Å². The van der Waals surface area contributed by atoms with Crippen molar-refractivity contribution in [3.63, 3.8) is 0 Å². The van der Waals surface area contributed by atoms with E-state index < -0.39 is 9.96 Å². The van der Waals surface area contributed by atoms with Crippen molar-refractivity contribution in [3.05, 3.63) is 71.8 Å². The highest BCUT2D eigenvalue weighted by Gasteiger charge is 2.37. The summed E-state index contributed by atoms with van der Waals surface area (Å²) in [6.07, 6.45) is 0.444. The van der Waals surface area contributed by atoms with E-state index in [2.05, 4.69) is 5.32 Å². The number of nitrogens with one attached hydrogen (secondary N) is 1. The van der Waals surface area contributed by atoms with Crippen LogP contribution in [0.15, 0.2) is 60.7 Å². The van der Waals surface area contributed by atoms with Crippen LogP contribution in [-0.2, 0) is 17.6 Å². The third kappa shape index (κ3) is 6.70. The Balaban J connectivity index is 1.87. The maximum absolute atomic E-state index is 12.2. The van der Waals surface area contributed by atoms with Crippen LogP contribution in [0, 0.1) is 0 Å². The molecule has 0 heterocycles. The maximum Gasteiger partial charge on any atom is 0.262 e. The van der Waals surface area contributed by atoms with Crippen molar-refractivity contribution < 1.29 is 10.1 Å². The van der Waals surface area contributed by atoms with Crippen LogP contribution >= 0.6 is 34.8 Å². The first-order valence-corrected chi connectivity index (χ1v) is 8.86. The molecule has 0 saturated carbocycles. The lowest BCUT2D eigenvalue weighted by atomic mass is 10.1. The zero-order valence-corrected chi connectivity index (χ0v) is 15.4. The van der Waals surface area contributed by atoms with Crippen molar-refractivity contribution in [3.8, 4) is 0 Å². The van der Waals surface area contributed by atoms with Gasteiger partial charge in [-0.1, -0.05) is 95.5 Å². The summed E-state index contributed by atoms with van der Waals surface area (Å²) in [5, 5.41) is 4.65. The normalized spacial score (nSPS) is 12.6. The third-order valence-electron chi connectivity index (χ3n) is 3.55. The van der Waals surface area contributed by atoms with Gasteiger partial charge in [0.05, 0.1) is 13.0 Å². The van der Waals surface area contributed by atoms with Gasteiger partial charge in [0.1, 0.15) is 0 Å². The molecule has 1 atom stereocenters.